The minimum Gasteiger partial charge on any atom is -0.490 e. The molecule has 1 aromatic carbocycles. The summed E-state index contributed by atoms with van der Waals surface area (Å²) in [7, 11) is 5.37. The summed E-state index contributed by atoms with van der Waals surface area (Å²) in [4.78, 5) is 0. The predicted molar refractivity (Wildman–Crippen MR) is 59.3 cm³/mol. The Hall–Kier alpha value is -1.54. The van der Waals surface area contributed by atoms with Crippen LogP contribution in [0, 0.1) is 0 Å². The molecule has 0 fully saturated rings. The topological polar surface area (TPSA) is 18.5 Å². The summed E-state index contributed by atoms with van der Waals surface area (Å²) in [5, 5.41) is 0. The molecule has 0 aromatic heterocycles. The second-order valence-electron chi connectivity index (χ2n) is 3.82. The SMILES string of the molecule is [B]c1ccc(OC(F)(F)F)c(OCCCC(F)(F)F)c1. The van der Waals surface area contributed by atoms with E-state index < -0.39 is 31.3 Å². The largest absolute Gasteiger partial charge is 0.573 e. The smallest absolute Gasteiger partial charge is 0.490 e. The van der Waals surface area contributed by atoms with Gasteiger partial charge in [0.25, 0.3) is 0 Å². The van der Waals surface area contributed by atoms with Crippen LogP contribution in [-0.4, -0.2) is 27.0 Å². The third kappa shape index (κ3) is 6.58. The summed E-state index contributed by atoms with van der Waals surface area (Å²) in [6.07, 6.45) is -10.8. The summed E-state index contributed by atoms with van der Waals surface area (Å²) in [5.74, 6) is -1.01. The first-order valence-corrected chi connectivity index (χ1v) is 5.42. The van der Waals surface area contributed by atoms with Crippen LogP contribution in [0.5, 0.6) is 11.5 Å². The van der Waals surface area contributed by atoms with Crippen LogP contribution in [0.15, 0.2) is 18.2 Å². The highest BCUT2D eigenvalue weighted by Crippen LogP contribution is 2.31. The van der Waals surface area contributed by atoms with E-state index in [1.54, 1.807) is 0 Å². The predicted octanol–water partition coefficient (Wildman–Crippen LogP) is 3.10. The molecule has 9 heteroatoms. The molecule has 2 nitrogen and oxygen atoms in total. The van der Waals surface area contributed by atoms with Gasteiger partial charge in [-0.2, -0.15) is 13.2 Å². The number of hydrogen-bond acceptors (Lipinski definition) is 2. The molecule has 2 radical (unpaired) electrons. The van der Waals surface area contributed by atoms with Crippen molar-refractivity contribution in [2.45, 2.75) is 25.4 Å². The van der Waals surface area contributed by atoms with Crippen LogP contribution in [0.1, 0.15) is 12.8 Å². The van der Waals surface area contributed by atoms with Crippen molar-refractivity contribution >= 4 is 13.3 Å². The summed E-state index contributed by atoms with van der Waals surface area (Å²) in [5.41, 5.74) is 0.102. The van der Waals surface area contributed by atoms with E-state index >= 15 is 0 Å². The lowest BCUT2D eigenvalue weighted by Gasteiger charge is -2.15. The van der Waals surface area contributed by atoms with Gasteiger partial charge in [-0.25, -0.2) is 0 Å². The van der Waals surface area contributed by atoms with Gasteiger partial charge in [0, 0.05) is 6.42 Å². The Morgan fingerprint density at radius 1 is 1.00 bits per heavy atom. The van der Waals surface area contributed by atoms with Crippen molar-refractivity contribution in [2.24, 2.45) is 0 Å². The molecule has 0 aliphatic heterocycles. The molecular formula is C11H9BF6O2. The fraction of sp³-hybridized carbons (Fsp3) is 0.455. The fourth-order valence-electron chi connectivity index (χ4n) is 1.30. The monoisotopic (exact) mass is 298 g/mol. The van der Waals surface area contributed by atoms with Crippen LogP contribution in [0.25, 0.3) is 0 Å². The number of alkyl halides is 6. The maximum Gasteiger partial charge on any atom is 0.573 e. The van der Waals surface area contributed by atoms with Gasteiger partial charge < -0.3 is 9.47 Å². The van der Waals surface area contributed by atoms with Gasteiger partial charge in [-0.1, -0.05) is 11.5 Å². The summed E-state index contributed by atoms with van der Waals surface area (Å²) >= 11 is 0. The highest BCUT2D eigenvalue weighted by molar-refractivity contribution is 6.32. The zero-order valence-corrected chi connectivity index (χ0v) is 10.0. The highest BCUT2D eigenvalue weighted by Gasteiger charge is 2.32. The number of ether oxygens (including phenoxy) is 2. The maximum absolute atomic E-state index is 12.1. The molecule has 0 N–H and O–H groups in total. The van der Waals surface area contributed by atoms with Gasteiger partial charge in [-0.3, -0.25) is 0 Å². The molecule has 0 aliphatic carbocycles. The first-order chi connectivity index (χ1) is 9.07. The quantitative estimate of drug-likeness (QED) is 0.472. The molecule has 1 aromatic rings. The molecule has 0 heterocycles. The second-order valence-corrected chi connectivity index (χ2v) is 3.82. The summed E-state index contributed by atoms with van der Waals surface area (Å²) in [6.45, 7) is -0.406. The van der Waals surface area contributed by atoms with Crippen LogP contribution in [-0.2, 0) is 0 Å². The van der Waals surface area contributed by atoms with Crippen LogP contribution in [0.3, 0.4) is 0 Å². The van der Waals surface area contributed by atoms with Crippen LogP contribution >= 0.6 is 0 Å². The molecule has 0 amide bonds. The second kappa shape index (κ2) is 6.28. The third-order valence-corrected chi connectivity index (χ3v) is 2.06. The molecule has 20 heavy (non-hydrogen) atoms. The minimum atomic E-state index is -4.93. The van der Waals surface area contributed by atoms with E-state index in [1.807, 2.05) is 0 Å². The van der Waals surface area contributed by atoms with Crippen molar-refractivity contribution in [1.82, 2.24) is 0 Å². The lowest BCUT2D eigenvalue weighted by Crippen LogP contribution is -2.19. The average molecular weight is 298 g/mol. The Kier molecular flexibility index (Phi) is 5.18. The molecule has 0 bridgehead atoms. The molecule has 0 spiro atoms. The summed E-state index contributed by atoms with van der Waals surface area (Å²) < 4.78 is 80.6. The Morgan fingerprint density at radius 3 is 2.20 bits per heavy atom. The fourth-order valence-corrected chi connectivity index (χ4v) is 1.30. The van der Waals surface area contributed by atoms with Crippen molar-refractivity contribution in [3.05, 3.63) is 18.2 Å². The molecule has 0 atom stereocenters. The van der Waals surface area contributed by atoms with Gasteiger partial charge in [-0.15, -0.1) is 13.2 Å². The van der Waals surface area contributed by atoms with E-state index in [-0.39, 0.29) is 17.6 Å². The number of rotatable bonds is 5. The van der Waals surface area contributed by atoms with Gasteiger partial charge in [-0.05, 0) is 18.6 Å². The molecule has 110 valence electrons. The van der Waals surface area contributed by atoms with Crippen LogP contribution in [0.2, 0.25) is 0 Å². The van der Waals surface area contributed by atoms with Gasteiger partial charge in [0.1, 0.15) is 7.85 Å². The summed E-state index contributed by atoms with van der Waals surface area (Å²) in [6, 6.07) is 3.14. The van der Waals surface area contributed by atoms with Gasteiger partial charge in [0.05, 0.1) is 6.61 Å². The first-order valence-electron chi connectivity index (χ1n) is 5.42. The normalized spacial score (nSPS) is 12.3. The molecule has 0 aliphatic rings. The van der Waals surface area contributed by atoms with Gasteiger partial charge in [0.2, 0.25) is 0 Å². The lowest BCUT2D eigenvalue weighted by atomic mass is 9.96. The van der Waals surface area contributed by atoms with Crippen LogP contribution < -0.4 is 14.9 Å². The molecule has 0 saturated carbocycles. The molecule has 0 saturated heterocycles. The Balaban J connectivity index is 2.65. The third-order valence-electron chi connectivity index (χ3n) is 2.06. The van der Waals surface area contributed by atoms with E-state index in [2.05, 4.69) is 4.74 Å². The van der Waals surface area contributed by atoms with Crippen LogP contribution in [0.4, 0.5) is 26.3 Å². The van der Waals surface area contributed by atoms with E-state index in [0.29, 0.717) is 0 Å². The molecule has 1 rings (SSSR count). The van der Waals surface area contributed by atoms with E-state index in [0.717, 1.165) is 18.2 Å². The maximum atomic E-state index is 12.1. The Bertz CT molecular complexity index is 444. The zero-order chi connectivity index (χ0) is 15.4. The highest BCUT2D eigenvalue weighted by atomic mass is 19.4. The molecular weight excluding hydrogens is 289 g/mol. The number of halogens is 6. The van der Waals surface area contributed by atoms with Gasteiger partial charge >= 0.3 is 12.5 Å². The zero-order valence-electron chi connectivity index (χ0n) is 10.0. The van der Waals surface area contributed by atoms with E-state index in [1.165, 1.54) is 0 Å². The van der Waals surface area contributed by atoms with Crippen molar-refractivity contribution in [3.63, 3.8) is 0 Å². The van der Waals surface area contributed by atoms with Crippen molar-refractivity contribution in [2.75, 3.05) is 6.61 Å². The number of hydrogen-bond donors (Lipinski definition) is 0. The van der Waals surface area contributed by atoms with E-state index in [4.69, 9.17) is 12.6 Å². The Labute approximate surface area is 112 Å². The van der Waals surface area contributed by atoms with E-state index in [9.17, 15) is 26.3 Å². The lowest BCUT2D eigenvalue weighted by molar-refractivity contribution is -0.275. The van der Waals surface area contributed by atoms with Crippen molar-refractivity contribution < 1.29 is 35.8 Å². The standard InChI is InChI=1S/C11H9BF6O2/c12-7-2-3-8(20-11(16,17)18)9(6-7)19-5-1-4-10(13,14)15/h2-3,6H,1,4-5H2. The Morgan fingerprint density at radius 2 is 1.65 bits per heavy atom. The minimum absolute atomic E-state index is 0.102. The average Bonchev–Trinajstić information content (AvgIpc) is 2.25. The van der Waals surface area contributed by atoms with Crippen molar-refractivity contribution in [3.8, 4) is 11.5 Å². The number of benzene rings is 1. The molecule has 0 unspecified atom stereocenters. The van der Waals surface area contributed by atoms with Crippen molar-refractivity contribution in [1.29, 1.82) is 0 Å². The van der Waals surface area contributed by atoms with Gasteiger partial charge in [0.15, 0.2) is 11.5 Å². The first kappa shape index (κ1) is 16.5.